The van der Waals surface area contributed by atoms with Gasteiger partial charge >= 0.3 is 109 Å². The van der Waals surface area contributed by atoms with Gasteiger partial charge in [-0.25, -0.2) is 4.21 Å². The third kappa shape index (κ3) is 2.13. The van der Waals surface area contributed by atoms with Crippen LogP contribution in [0.15, 0.2) is 12.2 Å². The second-order valence-corrected chi connectivity index (χ2v) is 8.54. The summed E-state index contributed by atoms with van der Waals surface area (Å²) < 4.78 is 10.2. The molecule has 0 amide bonds. The van der Waals surface area contributed by atoms with Crippen molar-refractivity contribution in [3.63, 3.8) is 0 Å². The van der Waals surface area contributed by atoms with E-state index in [1.807, 2.05) is 6.08 Å². The number of hydrogen-bond donors (Lipinski definition) is 1. The van der Waals surface area contributed by atoms with Crippen molar-refractivity contribution in [2.45, 2.75) is 37.6 Å². The molecule has 2 nitrogen and oxygen atoms in total. The number of aliphatic hydroxyl groups is 1. The summed E-state index contributed by atoms with van der Waals surface area (Å²) >= 11 is 1.11. The Morgan fingerprint density at radius 1 is 1.44 bits per heavy atom. The van der Waals surface area contributed by atoms with Gasteiger partial charge in [0.2, 0.25) is 0 Å². The predicted molar refractivity (Wildman–Crippen MR) is 80.3 cm³/mol. The summed E-state index contributed by atoms with van der Waals surface area (Å²) in [6, 6.07) is 0. The maximum absolute atomic E-state index is 8.98. The second kappa shape index (κ2) is 6.15. The van der Waals surface area contributed by atoms with Crippen LogP contribution in [0.4, 0.5) is 0 Å². The van der Waals surface area contributed by atoms with Gasteiger partial charge < -0.3 is 0 Å². The average molecular weight is 478 g/mol. The zero-order valence-electron chi connectivity index (χ0n) is 11.4. The molecule has 0 aromatic carbocycles. The molecule has 5 heteroatoms. The van der Waals surface area contributed by atoms with Gasteiger partial charge in [0, 0.05) is 0 Å². The van der Waals surface area contributed by atoms with Crippen LogP contribution in [-0.2, 0) is 10.8 Å². The Morgan fingerprint density at radius 2 is 2.00 bits per heavy atom. The van der Waals surface area contributed by atoms with E-state index in [0.717, 1.165) is 31.7 Å². The summed E-state index contributed by atoms with van der Waals surface area (Å²) in [6.07, 6.45) is 7.03. The third-order valence-corrected chi connectivity index (χ3v) is 7.63. The summed E-state index contributed by atoms with van der Waals surface area (Å²) in [5.74, 6) is 0.896. The minimum absolute atomic E-state index is 0.199. The minimum Gasteiger partial charge on any atom is -0.208 e. The molecular weight excluding hydrogens is 456 g/mol. The molecule has 1 N–H and O–H groups in total. The first-order valence-electron chi connectivity index (χ1n) is 6.32. The molecular formula is C13H22O2PSTl. The van der Waals surface area contributed by atoms with Crippen molar-refractivity contribution in [2.24, 2.45) is 22.2 Å². The Labute approximate surface area is 132 Å². The first-order chi connectivity index (χ1) is 8.37. The monoisotopic (exact) mass is 478 g/mol. The summed E-state index contributed by atoms with van der Waals surface area (Å²) in [7, 11) is 2.85. The molecule has 0 radical (unpaired) electrons. The Morgan fingerprint density at radius 3 is 2.39 bits per heavy atom. The fourth-order valence-corrected chi connectivity index (χ4v) is 8.13. The number of aliphatic hydroxyl groups excluding tert-OH is 1. The molecule has 0 saturated heterocycles. The zero-order chi connectivity index (χ0) is 14.0. The third-order valence-electron chi connectivity index (χ3n) is 5.80. The summed E-state index contributed by atoms with van der Waals surface area (Å²) in [6.45, 7) is 7.54. The van der Waals surface area contributed by atoms with Crippen molar-refractivity contribution in [1.82, 2.24) is 0 Å². The van der Waals surface area contributed by atoms with Crippen molar-refractivity contribution in [3.05, 3.63) is 12.2 Å². The van der Waals surface area contributed by atoms with Crippen molar-refractivity contribution in [2.75, 3.05) is 6.61 Å². The summed E-state index contributed by atoms with van der Waals surface area (Å²) in [5, 5.41) is 8.98. The first-order valence-corrected chi connectivity index (χ1v) is 11.5. The zero-order valence-corrected chi connectivity index (χ0v) is 17.7. The Balaban J connectivity index is 0.000000492. The second-order valence-electron chi connectivity index (χ2n) is 6.04. The average Bonchev–Trinajstić information content (AvgIpc) is 2.73. The van der Waals surface area contributed by atoms with Crippen LogP contribution >= 0.6 is 8.02 Å². The van der Waals surface area contributed by atoms with Gasteiger partial charge in [-0.3, -0.25) is 0 Å². The van der Waals surface area contributed by atoms with Gasteiger partial charge in [0.05, 0.1) is 0 Å². The van der Waals surface area contributed by atoms with Gasteiger partial charge in [-0.2, -0.15) is 0 Å². The van der Waals surface area contributed by atoms with Crippen LogP contribution in [0.25, 0.3) is 0 Å². The van der Waals surface area contributed by atoms with Crippen LogP contribution in [0.5, 0.6) is 0 Å². The molecule has 3 aliphatic rings. The quantitative estimate of drug-likeness (QED) is 0.386. The normalized spacial score (nSPS) is 39.8. The van der Waals surface area contributed by atoms with Crippen LogP contribution in [-0.4, -0.2) is 41.7 Å². The van der Waals surface area contributed by atoms with Crippen LogP contribution in [0, 0.1) is 22.2 Å². The molecule has 3 aliphatic carbocycles. The van der Waals surface area contributed by atoms with E-state index in [2.05, 4.69) is 34.9 Å². The van der Waals surface area contributed by atoms with E-state index in [1.165, 1.54) is 16.8 Å². The summed E-state index contributed by atoms with van der Waals surface area (Å²) in [5.41, 5.74) is 1.42. The fourth-order valence-electron chi connectivity index (χ4n) is 4.47. The standard InChI is InChI=1S/C13H21O.HOPS.Tl/c1-10-12(4)7-8-13(10,6-5-9-14)11(12,2)3;1-3-2;/h5-6,10,14H,1,7-9H2,2-4H3;2H;/b6-5+;;/t10-,12+,13?;;/m1../s1. The smallest absolute Gasteiger partial charge is 0.110 e. The summed E-state index contributed by atoms with van der Waals surface area (Å²) in [4.78, 5) is 0. The van der Waals surface area contributed by atoms with Gasteiger partial charge in [0.1, 0.15) is 10.8 Å². The molecule has 0 spiro atoms. The molecule has 0 aromatic heterocycles. The van der Waals surface area contributed by atoms with Crippen LogP contribution in [0.2, 0.25) is 3.98 Å². The van der Waals surface area contributed by atoms with Crippen LogP contribution in [0.3, 0.4) is 0 Å². The van der Waals surface area contributed by atoms with E-state index >= 15 is 0 Å². The van der Waals surface area contributed by atoms with Crippen molar-refractivity contribution >= 4 is 44.6 Å². The minimum atomic E-state index is 0.199. The van der Waals surface area contributed by atoms with Gasteiger partial charge in [0.25, 0.3) is 0 Å². The molecule has 0 aliphatic heterocycles. The molecule has 3 fully saturated rings. The Bertz CT molecular complexity index is 379. The van der Waals surface area contributed by atoms with Crippen molar-refractivity contribution in [1.29, 1.82) is 0 Å². The van der Waals surface area contributed by atoms with Crippen molar-refractivity contribution in [3.8, 4) is 0 Å². The van der Waals surface area contributed by atoms with E-state index in [-0.39, 0.29) is 6.61 Å². The number of hydrogen-bond acceptors (Lipinski definition) is 2. The first kappa shape index (κ1) is 17.0. The van der Waals surface area contributed by atoms with Gasteiger partial charge in [0.15, 0.2) is 0 Å². The molecule has 3 atom stereocenters. The largest absolute Gasteiger partial charge is 0.208 e. The van der Waals surface area contributed by atoms with E-state index < -0.39 is 0 Å². The SMILES string of the molecule is CC1(C)C2(/C=C/CO)CC[C@@]1(C)[C@H]2[CH2][Tl].O=S=P. The number of allylic oxidation sites excluding steroid dienone is 1. The van der Waals surface area contributed by atoms with E-state index in [0.29, 0.717) is 27.1 Å². The molecule has 1 unspecified atom stereocenters. The molecule has 100 valence electrons. The Hall–Kier alpha value is 0.942. The topological polar surface area (TPSA) is 37.3 Å². The van der Waals surface area contributed by atoms with Gasteiger partial charge in [-0.1, -0.05) is 0 Å². The molecule has 18 heavy (non-hydrogen) atoms. The molecule has 0 heterocycles. The van der Waals surface area contributed by atoms with Crippen molar-refractivity contribution < 1.29 is 9.32 Å². The van der Waals surface area contributed by atoms with E-state index in [1.54, 1.807) is 0 Å². The van der Waals surface area contributed by atoms with Gasteiger partial charge in [-0.05, 0) is 8.02 Å². The molecule has 0 aromatic rings. The number of fused-ring (bicyclic) bond motifs is 1. The maximum atomic E-state index is 8.98. The fraction of sp³-hybridized carbons (Fsp3) is 0.846. The van der Waals surface area contributed by atoms with Crippen LogP contribution in [0.1, 0.15) is 33.6 Å². The maximum Gasteiger partial charge on any atom is 0.110 e. The molecule has 2 bridgehead atoms. The Kier molecular flexibility index (Phi) is 5.80. The van der Waals surface area contributed by atoms with E-state index in [9.17, 15) is 0 Å². The van der Waals surface area contributed by atoms with Gasteiger partial charge in [-0.15, -0.1) is 0 Å². The number of rotatable bonds is 3. The molecule has 3 rings (SSSR count). The predicted octanol–water partition coefficient (Wildman–Crippen LogP) is 2.82. The van der Waals surface area contributed by atoms with E-state index in [4.69, 9.17) is 9.32 Å². The molecule has 3 saturated carbocycles. The van der Waals surface area contributed by atoms with Crippen LogP contribution < -0.4 is 0 Å².